The minimum absolute atomic E-state index is 0.0727. The molecule has 0 aliphatic heterocycles. The number of ether oxygens (including phenoxy) is 2. The maximum Gasteiger partial charge on any atom is 0.171 e. The maximum atomic E-state index is 13.1. The number of benzene rings is 1. The van der Waals surface area contributed by atoms with E-state index in [1.807, 2.05) is 13.0 Å². The molecule has 102 valence electrons. The Morgan fingerprint density at radius 3 is 2.44 bits per heavy atom. The van der Waals surface area contributed by atoms with E-state index in [0.29, 0.717) is 0 Å². The molecule has 0 heterocycles. The second kappa shape index (κ2) is 7.46. The fraction of sp³-hybridized carbons (Fsp3) is 0.571. The lowest BCUT2D eigenvalue weighted by Gasteiger charge is -2.25. The van der Waals surface area contributed by atoms with E-state index >= 15 is 0 Å². The van der Waals surface area contributed by atoms with Gasteiger partial charge in [-0.15, -0.1) is 0 Å². The number of methoxy groups -OCH3 is 2. The normalized spacial score (nSPS) is 14.8. The molecule has 2 atom stereocenters. The molecule has 1 aromatic carbocycles. The monoisotopic (exact) mass is 255 g/mol. The van der Waals surface area contributed by atoms with Gasteiger partial charge in [0.2, 0.25) is 0 Å². The lowest BCUT2D eigenvalue weighted by Crippen LogP contribution is -2.44. The zero-order valence-corrected chi connectivity index (χ0v) is 11.4. The van der Waals surface area contributed by atoms with Crippen LogP contribution >= 0.6 is 0 Å². The van der Waals surface area contributed by atoms with E-state index in [4.69, 9.17) is 9.47 Å². The van der Waals surface area contributed by atoms with E-state index in [-0.39, 0.29) is 24.2 Å². The van der Waals surface area contributed by atoms with Crippen molar-refractivity contribution in [1.82, 2.24) is 5.32 Å². The first-order valence-corrected chi connectivity index (χ1v) is 6.13. The fourth-order valence-electron chi connectivity index (χ4n) is 2.11. The zero-order valence-electron chi connectivity index (χ0n) is 11.4. The van der Waals surface area contributed by atoms with Gasteiger partial charge in [0, 0.05) is 20.3 Å². The van der Waals surface area contributed by atoms with Crippen molar-refractivity contribution in [2.75, 3.05) is 14.2 Å². The van der Waals surface area contributed by atoms with Crippen LogP contribution in [0.15, 0.2) is 24.3 Å². The van der Waals surface area contributed by atoms with Crippen LogP contribution in [0.5, 0.6) is 0 Å². The number of hydrogen-bond donors (Lipinski definition) is 1. The van der Waals surface area contributed by atoms with E-state index in [9.17, 15) is 4.39 Å². The van der Waals surface area contributed by atoms with Crippen LogP contribution in [0.4, 0.5) is 4.39 Å². The molecule has 0 saturated carbocycles. The molecule has 0 bridgehead atoms. The minimum atomic E-state index is -0.278. The van der Waals surface area contributed by atoms with Crippen molar-refractivity contribution in [3.05, 3.63) is 35.6 Å². The van der Waals surface area contributed by atoms with Gasteiger partial charge in [0.1, 0.15) is 5.82 Å². The molecule has 0 amide bonds. The Hall–Kier alpha value is -0.970. The summed E-state index contributed by atoms with van der Waals surface area (Å²) in [6, 6.07) is 6.96. The van der Waals surface area contributed by atoms with Crippen LogP contribution in [0.25, 0.3) is 0 Å². The summed E-state index contributed by atoms with van der Waals surface area (Å²) in [4.78, 5) is 0. The summed E-state index contributed by atoms with van der Waals surface area (Å²) in [5, 5.41) is 3.38. The van der Waals surface area contributed by atoms with Crippen molar-refractivity contribution in [1.29, 1.82) is 0 Å². The van der Waals surface area contributed by atoms with Gasteiger partial charge in [0.15, 0.2) is 6.29 Å². The van der Waals surface area contributed by atoms with Crippen LogP contribution in [0.1, 0.15) is 19.4 Å². The Morgan fingerprint density at radius 2 is 1.89 bits per heavy atom. The third-order valence-corrected chi connectivity index (χ3v) is 2.85. The average molecular weight is 255 g/mol. The Kier molecular flexibility index (Phi) is 6.25. The molecule has 0 spiro atoms. The van der Waals surface area contributed by atoms with Crippen LogP contribution in [0.3, 0.4) is 0 Å². The number of rotatable bonds is 7. The summed E-state index contributed by atoms with van der Waals surface area (Å²) in [6.07, 6.45) is 0.488. The lowest BCUT2D eigenvalue weighted by atomic mass is 10.1. The maximum absolute atomic E-state index is 13.1. The van der Waals surface area contributed by atoms with E-state index in [1.165, 1.54) is 6.07 Å². The van der Waals surface area contributed by atoms with Crippen LogP contribution in [0, 0.1) is 5.82 Å². The standard InChI is InChI=1S/C14H22FNO2/c1-10(16-11(2)14(17-3)18-4)8-12-6-5-7-13(15)9-12/h5-7,9-11,14,16H,8H2,1-4H3. The van der Waals surface area contributed by atoms with Crippen molar-refractivity contribution in [3.8, 4) is 0 Å². The number of nitrogens with one attached hydrogen (secondary N) is 1. The zero-order chi connectivity index (χ0) is 13.5. The van der Waals surface area contributed by atoms with Gasteiger partial charge in [-0.2, -0.15) is 0 Å². The minimum Gasteiger partial charge on any atom is -0.354 e. The number of halogens is 1. The van der Waals surface area contributed by atoms with E-state index in [2.05, 4.69) is 12.2 Å². The molecule has 3 nitrogen and oxygen atoms in total. The highest BCUT2D eigenvalue weighted by molar-refractivity contribution is 5.17. The van der Waals surface area contributed by atoms with Gasteiger partial charge in [-0.1, -0.05) is 12.1 Å². The smallest absolute Gasteiger partial charge is 0.171 e. The van der Waals surface area contributed by atoms with Crippen LogP contribution in [-0.2, 0) is 15.9 Å². The van der Waals surface area contributed by atoms with Gasteiger partial charge >= 0.3 is 0 Å². The molecule has 0 saturated heterocycles. The molecule has 0 aromatic heterocycles. The summed E-state index contributed by atoms with van der Waals surface area (Å²) in [5.74, 6) is -0.195. The van der Waals surface area contributed by atoms with Crippen molar-refractivity contribution in [2.45, 2.75) is 38.6 Å². The van der Waals surface area contributed by atoms with Gasteiger partial charge in [0.05, 0.1) is 6.04 Å². The predicted molar refractivity (Wildman–Crippen MR) is 70.0 cm³/mol. The van der Waals surface area contributed by atoms with Gasteiger partial charge in [-0.25, -0.2) is 4.39 Å². The van der Waals surface area contributed by atoms with E-state index in [0.717, 1.165) is 12.0 Å². The first-order valence-electron chi connectivity index (χ1n) is 6.13. The van der Waals surface area contributed by atoms with Crippen molar-refractivity contribution >= 4 is 0 Å². The Bertz CT molecular complexity index is 355. The number of hydrogen-bond acceptors (Lipinski definition) is 3. The Balaban J connectivity index is 2.48. The summed E-state index contributed by atoms with van der Waals surface area (Å²) in [7, 11) is 3.23. The molecule has 2 unspecified atom stereocenters. The molecule has 1 N–H and O–H groups in total. The third kappa shape index (κ3) is 4.72. The SMILES string of the molecule is COC(OC)C(C)NC(C)Cc1cccc(F)c1. The van der Waals surface area contributed by atoms with Gasteiger partial charge in [-0.05, 0) is 38.0 Å². The van der Waals surface area contributed by atoms with Crippen LogP contribution in [-0.4, -0.2) is 32.6 Å². The molecular formula is C14H22FNO2. The highest BCUT2D eigenvalue weighted by Crippen LogP contribution is 2.08. The predicted octanol–water partition coefficient (Wildman–Crippen LogP) is 2.35. The average Bonchev–Trinajstić information content (AvgIpc) is 2.30. The fourth-order valence-corrected chi connectivity index (χ4v) is 2.11. The van der Waals surface area contributed by atoms with Gasteiger partial charge in [0.25, 0.3) is 0 Å². The molecular weight excluding hydrogens is 233 g/mol. The van der Waals surface area contributed by atoms with Crippen LogP contribution in [0.2, 0.25) is 0 Å². The van der Waals surface area contributed by atoms with Crippen molar-refractivity contribution in [3.63, 3.8) is 0 Å². The highest BCUT2D eigenvalue weighted by Gasteiger charge is 2.17. The third-order valence-electron chi connectivity index (χ3n) is 2.85. The van der Waals surface area contributed by atoms with Crippen molar-refractivity contribution in [2.24, 2.45) is 0 Å². The first-order chi connectivity index (χ1) is 8.56. The van der Waals surface area contributed by atoms with E-state index in [1.54, 1.807) is 26.4 Å². The molecule has 0 aliphatic rings. The molecule has 1 rings (SSSR count). The quantitative estimate of drug-likeness (QED) is 0.759. The summed E-state index contributed by atoms with van der Waals surface area (Å²) in [5.41, 5.74) is 0.980. The second-order valence-electron chi connectivity index (χ2n) is 4.53. The summed E-state index contributed by atoms with van der Waals surface area (Å²) >= 11 is 0. The Labute approximate surface area is 108 Å². The second-order valence-corrected chi connectivity index (χ2v) is 4.53. The first kappa shape index (κ1) is 15.1. The lowest BCUT2D eigenvalue weighted by molar-refractivity contribution is -0.120. The van der Waals surface area contributed by atoms with Gasteiger partial charge in [-0.3, -0.25) is 0 Å². The Morgan fingerprint density at radius 1 is 1.22 bits per heavy atom. The molecule has 4 heteroatoms. The summed E-state index contributed by atoms with van der Waals surface area (Å²) < 4.78 is 23.4. The summed E-state index contributed by atoms with van der Waals surface area (Å²) in [6.45, 7) is 4.06. The topological polar surface area (TPSA) is 30.5 Å². The van der Waals surface area contributed by atoms with E-state index < -0.39 is 0 Å². The molecule has 0 aliphatic carbocycles. The van der Waals surface area contributed by atoms with Crippen molar-refractivity contribution < 1.29 is 13.9 Å². The molecule has 1 aromatic rings. The highest BCUT2D eigenvalue weighted by atomic mass is 19.1. The van der Waals surface area contributed by atoms with Gasteiger partial charge < -0.3 is 14.8 Å². The molecule has 18 heavy (non-hydrogen) atoms. The largest absolute Gasteiger partial charge is 0.354 e. The molecule has 0 fully saturated rings. The molecule has 0 radical (unpaired) electrons. The van der Waals surface area contributed by atoms with Crippen LogP contribution < -0.4 is 5.32 Å².